The summed E-state index contributed by atoms with van der Waals surface area (Å²) in [6.07, 6.45) is 4.47. The van der Waals surface area contributed by atoms with Gasteiger partial charge in [-0.25, -0.2) is 9.78 Å². The number of carbonyl (C=O) groups is 4. The third-order valence-electron chi connectivity index (χ3n) is 10.4. The van der Waals surface area contributed by atoms with Crippen molar-refractivity contribution in [3.05, 3.63) is 88.6 Å². The molecular weight excluding hydrogens is 606 g/mol. The van der Waals surface area contributed by atoms with Crippen LogP contribution >= 0.6 is 0 Å². The smallest absolute Gasteiger partial charge is 0.319 e. The highest BCUT2D eigenvalue weighted by Crippen LogP contribution is 2.47. The predicted molar refractivity (Wildman–Crippen MR) is 184 cm³/mol. The van der Waals surface area contributed by atoms with Crippen LogP contribution in [0.15, 0.2) is 60.8 Å². The van der Waals surface area contributed by atoms with Crippen molar-refractivity contribution in [2.75, 3.05) is 51.4 Å². The van der Waals surface area contributed by atoms with Gasteiger partial charge in [0.25, 0.3) is 0 Å². The van der Waals surface area contributed by atoms with Gasteiger partial charge in [0, 0.05) is 57.7 Å². The van der Waals surface area contributed by atoms with E-state index in [9.17, 15) is 19.2 Å². The Kier molecular flexibility index (Phi) is 9.24. The minimum atomic E-state index is -0.695. The van der Waals surface area contributed by atoms with E-state index < -0.39 is 10.8 Å². The van der Waals surface area contributed by atoms with Crippen LogP contribution in [0.25, 0.3) is 0 Å². The predicted octanol–water partition coefficient (Wildman–Crippen LogP) is 3.93. The van der Waals surface area contributed by atoms with Crippen LogP contribution in [0.5, 0.6) is 0 Å². The van der Waals surface area contributed by atoms with Gasteiger partial charge in [0.05, 0.1) is 10.8 Å². The lowest BCUT2D eigenvalue weighted by Crippen LogP contribution is -2.53. The van der Waals surface area contributed by atoms with Crippen molar-refractivity contribution >= 4 is 35.3 Å². The van der Waals surface area contributed by atoms with Gasteiger partial charge >= 0.3 is 6.03 Å². The van der Waals surface area contributed by atoms with Gasteiger partial charge in [-0.2, -0.15) is 0 Å². The Morgan fingerprint density at radius 3 is 2.42 bits per heavy atom. The van der Waals surface area contributed by atoms with Crippen molar-refractivity contribution in [1.82, 2.24) is 25.0 Å². The lowest BCUT2D eigenvalue weighted by molar-refractivity contribution is -0.147. The van der Waals surface area contributed by atoms with Crippen LogP contribution in [-0.4, -0.2) is 84.2 Å². The Morgan fingerprint density at radius 2 is 1.71 bits per heavy atom. The zero-order valence-electron chi connectivity index (χ0n) is 28.3. The highest BCUT2D eigenvalue weighted by atomic mass is 16.2. The highest BCUT2D eigenvalue weighted by Gasteiger charge is 2.51. The standard InChI is InChI=1S/C37H45N7O4/c1-5-36(14-17-43(18-15-36)35(48)42(3)4)34(47)44(23-27-10-7-6-9-26(27)22-38-2)24-31(45)40-29-13-12-25-20-37(21-28(25)19-29)30-11-8-16-39-32(30)41-33(37)46/h6-13,16,19,38H,5,14-15,17-18,20-24H2,1-4H3,(H,40,45)(H,39,41,46)/t37-/m1/s1. The van der Waals surface area contributed by atoms with E-state index in [1.807, 2.05) is 68.6 Å². The minimum absolute atomic E-state index is 0.0486. The number of hydrogen-bond donors (Lipinski definition) is 3. The van der Waals surface area contributed by atoms with Crippen molar-refractivity contribution < 1.29 is 19.2 Å². The first-order valence-corrected chi connectivity index (χ1v) is 16.7. The molecule has 0 bridgehead atoms. The molecule has 1 saturated heterocycles. The van der Waals surface area contributed by atoms with E-state index in [4.69, 9.17) is 0 Å². The molecule has 0 unspecified atom stereocenters. The number of fused-ring (bicyclic) bond motifs is 3. The molecule has 2 aliphatic heterocycles. The first-order valence-electron chi connectivity index (χ1n) is 16.7. The summed E-state index contributed by atoms with van der Waals surface area (Å²) in [7, 11) is 5.35. The third-order valence-corrected chi connectivity index (χ3v) is 10.4. The second-order valence-electron chi connectivity index (χ2n) is 13.6. The number of carbonyl (C=O) groups excluding carboxylic acids is 4. The van der Waals surface area contributed by atoms with Gasteiger partial charge in [-0.05, 0) is 79.6 Å². The van der Waals surface area contributed by atoms with Crippen LogP contribution in [0.3, 0.4) is 0 Å². The van der Waals surface area contributed by atoms with E-state index >= 15 is 0 Å². The molecule has 11 nitrogen and oxygen atoms in total. The molecule has 3 N–H and O–H groups in total. The number of hydrogen-bond acceptors (Lipinski definition) is 6. The maximum absolute atomic E-state index is 14.5. The van der Waals surface area contributed by atoms with Crippen molar-refractivity contribution in [3.8, 4) is 0 Å². The fraction of sp³-hybridized carbons (Fsp3) is 0.432. The highest BCUT2D eigenvalue weighted by molar-refractivity contribution is 6.06. The largest absolute Gasteiger partial charge is 0.331 e. The molecule has 1 aliphatic carbocycles. The van der Waals surface area contributed by atoms with Gasteiger partial charge < -0.3 is 30.7 Å². The Balaban J connectivity index is 1.21. The summed E-state index contributed by atoms with van der Waals surface area (Å²) >= 11 is 0. The zero-order chi connectivity index (χ0) is 34.1. The molecule has 5 amide bonds. The lowest BCUT2D eigenvalue weighted by Gasteiger charge is -2.43. The number of piperidine rings is 1. The topological polar surface area (TPSA) is 127 Å². The molecule has 3 aromatic rings. The number of nitrogens with zero attached hydrogens (tertiary/aromatic N) is 4. The number of nitrogens with one attached hydrogen (secondary N) is 3. The summed E-state index contributed by atoms with van der Waals surface area (Å²) in [4.78, 5) is 63.5. The van der Waals surface area contributed by atoms with Gasteiger partial charge in [-0.3, -0.25) is 14.4 Å². The number of benzene rings is 2. The molecule has 1 spiro atoms. The molecule has 2 aromatic carbocycles. The Hall–Kier alpha value is -4.77. The van der Waals surface area contributed by atoms with E-state index in [1.165, 1.54) is 0 Å². The maximum Gasteiger partial charge on any atom is 0.319 e. The van der Waals surface area contributed by atoms with Gasteiger partial charge in [-0.1, -0.05) is 43.3 Å². The average molecular weight is 652 g/mol. The van der Waals surface area contributed by atoms with Gasteiger partial charge in [0.15, 0.2) is 0 Å². The molecule has 3 heterocycles. The second-order valence-corrected chi connectivity index (χ2v) is 13.6. The Morgan fingerprint density at radius 1 is 0.979 bits per heavy atom. The second kappa shape index (κ2) is 13.4. The molecular formula is C37H45N7O4. The maximum atomic E-state index is 14.5. The summed E-state index contributed by atoms with van der Waals surface area (Å²) in [5, 5.41) is 9.18. The van der Waals surface area contributed by atoms with E-state index in [1.54, 1.807) is 35.0 Å². The van der Waals surface area contributed by atoms with E-state index in [-0.39, 0.29) is 30.3 Å². The number of rotatable bonds is 9. The van der Waals surface area contributed by atoms with Gasteiger partial charge in [-0.15, -0.1) is 0 Å². The molecule has 1 aromatic heterocycles. The number of aromatic nitrogens is 1. The summed E-state index contributed by atoms with van der Waals surface area (Å²) in [6, 6.07) is 17.5. The average Bonchev–Trinajstić information content (AvgIpc) is 3.60. The molecule has 1 fully saturated rings. The van der Waals surface area contributed by atoms with Gasteiger partial charge in [0.2, 0.25) is 17.7 Å². The number of amides is 5. The van der Waals surface area contributed by atoms with E-state index in [0.29, 0.717) is 69.8 Å². The summed E-state index contributed by atoms with van der Waals surface area (Å²) < 4.78 is 0. The fourth-order valence-corrected chi connectivity index (χ4v) is 7.66. The van der Waals surface area contributed by atoms with Crippen LogP contribution in [0.2, 0.25) is 0 Å². The van der Waals surface area contributed by atoms with Crippen molar-refractivity contribution in [2.24, 2.45) is 5.41 Å². The molecule has 11 heteroatoms. The van der Waals surface area contributed by atoms with Crippen LogP contribution in [0.1, 0.15) is 54.0 Å². The first kappa shape index (κ1) is 33.1. The Labute approximate surface area is 282 Å². The van der Waals surface area contributed by atoms with Crippen molar-refractivity contribution in [2.45, 2.75) is 57.5 Å². The summed E-state index contributed by atoms with van der Waals surface area (Å²) in [5.41, 5.74) is 4.30. The molecule has 48 heavy (non-hydrogen) atoms. The SMILES string of the molecule is CCC1(C(=O)N(CC(=O)Nc2ccc3c(c2)C[C@@]2(C3)C(=O)Nc3ncccc32)Cc2ccccc2CNC)CCN(C(=O)N(C)C)CC1. The number of anilines is 2. The van der Waals surface area contributed by atoms with Crippen LogP contribution in [-0.2, 0) is 45.7 Å². The molecule has 0 saturated carbocycles. The molecule has 252 valence electrons. The monoisotopic (exact) mass is 651 g/mol. The van der Waals surface area contributed by atoms with Crippen LogP contribution in [0, 0.1) is 5.41 Å². The fourth-order valence-electron chi connectivity index (χ4n) is 7.66. The number of likely N-dealkylation sites (tertiary alicyclic amines) is 1. The minimum Gasteiger partial charge on any atom is -0.331 e. The summed E-state index contributed by atoms with van der Waals surface area (Å²) in [6.45, 7) is 3.81. The summed E-state index contributed by atoms with van der Waals surface area (Å²) in [5.74, 6) is 0.214. The van der Waals surface area contributed by atoms with Crippen LogP contribution in [0.4, 0.5) is 16.3 Å². The lowest BCUT2D eigenvalue weighted by atomic mass is 9.74. The molecule has 1 atom stereocenters. The Bertz CT molecular complexity index is 1730. The van der Waals surface area contributed by atoms with Crippen molar-refractivity contribution in [3.63, 3.8) is 0 Å². The normalized spacial score (nSPS) is 19.0. The first-order chi connectivity index (χ1) is 23.1. The third kappa shape index (κ3) is 6.14. The number of pyridine rings is 1. The molecule has 3 aliphatic rings. The van der Waals surface area contributed by atoms with Gasteiger partial charge in [0.1, 0.15) is 12.4 Å². The molecule has 0 radical (unpaired) electrons. The van der Waals surface area contributed by atoms with Crippen LogP contribution < -0.4 is 16.0 Å². The van der Waals surface area contributed by atoms with Crippen molar-refractivity contribution in [1.29, 1.82) is 0 Å². The number of urea groups is 1. The quantitative estimate of drug-likeness (QED) is 0.322. The van der Waals surface area contributed by atoms with E-state index in [2.05, 4.69) is 20.9 Å². The van der Waals surface area contributed by atoms with E-state index in [0.717, 1.165) is 27.8 Å². The molecule has 6 rings (SSSR count). The zero-order valence-corrected chi connectivity index (χ0v) is 28.3.